The first kappa shape index (κ1) is 16.1. The number of hydrogen-bond acceptors (Lipinski definition) is 4. The van der Waals surface area contributed by atoms with Crippen LogP contribution in [0.1, 0.15) is 22.7 Å². The van der Waals surface area contributed by atoms with Crippen LogP contribution in [-0.2, 0) is 13.6 Å². The molecule has 1 amide bonds. The van der Waals surface area contributed by atoms with Crippen molar-refractivity contribution in [2.75, 3.05) is 26.2 Å². The molecule has 0 atom stereocenters. The first-order valence-corrected chi connectivity index (χ1v) is 8.53. The van der Waals surface area contributed by atoms with E-state index in [9.17, 15) is 4.79 Å². The van der Waals surface area contributed by atoms with Gasteiger partial charge in [-0.1, -0.05) is 6.07 Å². The number of carbonyl (C=O) groups excluding carboxylic acids is 1. The van der Waals surface area contributed by atoms with Gasteiger partial charge in [0.2, 0.25) is 0 Å². The van der Waals surface area contributed by atoms with E-state index < -0.39 is 0 Å². The van der Waals surface area contributed by atoms with Gasteiger partial charge in [0.15, 0.2) is 0 Å². The molecular weight excluding hydrogens is 358 g/mol. The van der Waals surface area contributed by atoms with Crippen molar-refractivity contribution in [3.63, 3.8) is 0 Å². The van der Waals surface area contributed by atoms with Gasteiger partial charge in [0.05, 0.1) is 6.54 Å². The van der Waals surface area contributed by atoms with Crippen molar-refractivity contribution in [1.29, 1.82) is 0 Å². The molecule has 0 saturated carbocycles. The molecule has 1 aliphatic heterocycles. The Kier molecular flexibility index (Phi) is 5.07. The number of pyridine rings is 1. The molecule has 3 heterocycles. The Bertz CT molecular complexity index is 687. The molecule has 0 spiro atoms. The zero-order valence-corrected chi connectivity index (χ0v) is 14.7. The minimum Gasteiger partial charge on any atom is -0.337 e. The van der Waals surface area contributed by atoms with Crippen LogP contribution in [0.5, 0.6) is 0 Å². The number of aryl methyl sites for hydroxylation is 1. The number of rotatable bonds is 3. The van der Waals surface area contributed by atoms with E-state index in [-0.39, 0.29) is 5.91 Å². The molecule has 6 nitrogen and oxygen atoms in total. The molecule has 0 aromatic carbocycles. The summed E-state index contributed by atoms with van der Waals surface area (Å²) in [5.41, 5.74) is 0.497. The average Bonchev–Trinajstić information content (AvgIpc) is 2.81. The molecule has 1 saturated heterocycles. The summed E-state index contributed by atoms with van der Waals surface area (Å²) in [5, 5.41) is 0. The maximum Gasteiger partial charge on any atom is 0.272 e. The van der Waals surface area contributed by atoms with Crippen LogP contribution in [0.2, 0.25) is 0 Å². The van der Waals surface area contributed by atoms with Crippen molar-refractivity contribution in [3.8, 4) is 0 Å². The maximum atomic E-state index is 12.6. The summed E-state index contributed by atoms with van der Waals surface area (Å²) in [6, 6.07) is 5.44. The van der Waals surface area contributed by atoms with E-state index in [0.717, 1.165) is 45.0 Å². The van der Waals surface area contributed by atoms with E-state index in [1.807, 2.05) is 41.0 Å². The number of amides is 1. The third-order valence-corrected chi connectivity index (χ3v) is 4.54. The minimum absolute atomic E-state index is 0.00476. The lowest BCUT2D eigenvalue weighted by atomic mass is 10.3. The molecule has 2 aromatic rings. The van der Waals surface area contributed by atoms with E-state index in [0.29, 0.717) is 10.3 Å². The lowest BCUT2D eigenvalue weighted by Gasteiger charge is -2.21. The molecule has 1 fully saturated rings. The first-order chi connectivity index (χ1) is 11.1. The zero-order valence-electron chi connectivity index (χ0n) is 13.2. The summed E-state index contributed by atoms with van der Waals surface area (Å²) in [4.78, 5) is 25.5. The summed E-state index contributed by atoms with van der Waals surface area (Å²) in [7, 11) is 2.01. The highest BCUT2D eigenvalue weighted by molar-refractivity contribution is 9.10. The minimum atomic E-state index is 0.00476. The molecule has 0 unspecified atom stereocenters. The van der Waals surface area contributed by atoms with Gasteiger partial charge in [-0.3, -0.25) is 9.69 Å². The molecule has 0 aliphatic carbocycles. The Morgan fingerprint density at radius 3 is 2.87 bits per heavy atom. The van der Waals surface area contributed by atoms with E-state index in [2.05, 4.69) is 30.8 Å². The standard InChI is InChI=1S/C16H20BrN5O/c1-20-9-6-18-15(20)12-21-7-3-8-22(11-10-21)16(23)13-4-2-5-14(17)19-13/h2,4-6,9H,3,7-8,10-12H2,1H3. The highest BCUT2D eigenvalue weighted by atomic mass is 79.9. The van der Waals surface area contributed by atoms with Gasteiger partial charge in [-0.25, -0.2) is 9.97 Å². The number of imidazole rings is 1. The van der Waals surface area contributed by atoms with Crippen molar-refractivity contribution in [2.24, 2.45) is 7.05 Å². The van der Waals surface area contributed by atoms with Gasteiger partial charge in [-0.15, -0.1) is 0 Å². The van der Waals surface area contributed by atoms with Crippen LogP contribution >= 0.6 is 15.9 Å². The Labute approximate surface area is 144 Å². The van der Waals surface area contributed by atoms with Crippen LogP contribution < -0.4 is 0 Å². The molecule has 1 aliphatic rings. The smallest absolute Gasteiger partial charge is 0.272 e. The van der Waals surface area contributed by atoms with Crippen molar-refractivity contribution in [2.45, 2.75) is 13.0 Å². The van der Waals surface area contributed by atoms with Gasteiger partial charge in [-0.05, 0) is 34.5 Å². The van der Waals surface area contributed by atoms with Gasteiger partial charge in [0.25, 0.3) is 5.91 Å². The fourth-order valence-electron chi connectivity index (χ4n) is 2.77. The molecule has 2 aromatic heterocycles. The maximum absolute atomic E-state index is 12.6. The highest BCUT2D eigenvalue weighted by Gasteiger charge is 2.21. The second kappa shape index (κ2) is 7.23. The van der Waals surface area contributed by atoms with Crippen LogP contribution in [0.3, 0.4) is 0 Å². The van der Waals surface area contributed by atoms with Gasteiger partial charge >= 0.3 is 0 Å². The molecule has 23 heavy (non-hydrogen) atoms. The first-order valence-electron chi connectivity index (χ1n) is 7.74. The van der Waals surface area contributed by atoms with E-state index in [4.69, 9.17) is 0 Å². The summed E-state index contributed by atoms with van der Waals surface area (Å²) >= 11 is 3.32. The van der Waals surface area contributed by atoms with Gasteiger partial charge in [0.1, 0.15) is 16.1 Å². The monoisotopic (exact) mass is 377 g/mol. The number of carbonyl (C=O) groups is 1. The Morgan fingerprint density at radius 1 is 1.26 bits per heavy atom. The third kappa shape index (κ3) is 3.97. The Balaban J connectivity index is 1.62. The second-order valence-electron chi connectivity index (χ2n) is 5.72. The third-order valence-electron chi connectivity index (χ3n) is 4.10. The molecule has 3 rings (SSSR count). The van der Waals surface area contributed by atoms with Crippen LogP contribution in [0.25, 0.3) is 0 Å². The summed E-state index contributed by atoms with van der Waals surface area (Å²) in [6.07, 6.45) is 4.74. The zero-order chi connectivity index (χ0) is 16.2. The number of nitrogens with zero attached hydrogens (tertiary/aromatic N) is 5. The van der Waals surface area contributed by atoms with Crippen molar-refractivity contribution in [3.05, 3.63) is 46.7 Å². The van der Waals surface area contributed by atoms with Crippen molar-refractivity contribution < 1.29 is 4.79 Å². The van der Waals surface area contributed by atoms with Crippen molar-refractivity contribution >= 4 is 21.8 Å². The molecule has 7 heteroatoms. The van der Waals surface area contributed by atoms with Crippen LogP contribution in [0.15, 0.2) is 35.2 Å². The van der Waals surface area contributed by atoms with Crippen LogP contribution in [0, 0.1) is 0 Å². The van der Waals surface area contributed by atoms with E-state index in [1.165, 1.54) is 0 Å². The molecular formula is C16H20BrN5O. The Morgan fingerprint density at radius 2 is 2.13 bits per heavy atom. The lowest BCUT2D eigenvalue weighted by Crippen LogP contribution is -2.35. The normalized spacial score (nSPS) is 16.3. The number of hydrogen-bond donors (Lipinski definition) is 0. The lowest BCUT2D eigenvalue weighted by molar-refractivity contribution is 0.0755. The summed E-state index contributed by atoms with van der Waals surface area (Å²) in [6.45, 7) is 4.14. The fraction of sp³-hybridized carbons (Fsp3) is 0.438. The van der Waals surface area contributed by atoms with Gasteiger partial charge in [-0.2, -0.15) is 0 Å². The SMILES string of the molecule is Cn1ccnc1CN1CCCN(C(=O)c2cccc(Br)n2)CC1. The van der Waals surface area contributed by atoms with Crippen LogP contribution in [-0.4, -0.2) is 56.4 Å². The summed E-state index contributed by atoms with van der Waals surface area (Å²) in [5.74, 6) is 1.06. The Hall–Kier alpha value is -1.73. The second-order valence-corrected chi connectivity index (χ2v) is 6.53. The predicted octanol–water partition coefficient (Wildman–Crippen LogP) is 1.93. The average molecular weight is 378 g/mol. The number of halogens is 1. The summed E-state index contributed by atoms with van der Waals surface area (Å²) < 4.78 is 2.73. The molecule has 122 valence electrons. The van der Waals surface area contributed by atoms with E-state index >= 15 is 0 Å². The number of aromatic nitrogens is 3. The highest BCUT2D eigenvalue weighted by Crippen LogP contribution is 2.12. The fourth-order valence-corrected chi connectivity index (χ4v) is 3.11. The quantitative estimate of drug-likeness (QED) is 0.766. The van der Waals surface area contributed by atoms with Crippen LogP contribution in [0.4, 0.5) is 0 Å². The van der Waals surface area contributed by atoms with E-state index in [1.54, 1.807) is 6.07 Å². The molecule has 0 N–H and O–H groups in total. The van der Waals surface area contributed by atoms with Gasteiger partial charge in [0, 0.05) is 45.6 Å². The predicted molar refractivity (Wildman–Crippen MR) is 90.9 cm³/mol. The van der Waals surface area contributed by atoms with Gasteiger partial charge < -0.3 is 9.47 Å². The molecule has 0 bridgehead atoms. The topological polar surface area (TPSA) is 54.3 Å². The largest absolute Gasteiger partial charge is 0.337 e. The van der Waals surface area contributed by atoms with Crippen molar-refractivity contribution in [1.82, 2.24) is 24.3 Å². The molecule has 0 radical (unpaired) electrons.